The van der Waals surface area contributed by atoms with Gasteiger partial charge in [-0.2, -0.15) is 0 Å². The molecular weight excluding hydrogens is 272 g/mol. The Morgan fingerprint density at radius 1 is 1.25 bits per heavy atom. The summed E-state index contributed by atoms with van der Waals surface area (Å²) in [6.45, 7) is 7.87. The van der Waals surface area contributed by atoms with Gasteiger partial charge in [-0.15, -0.1) is 0 Å². The minimum absolute atomic E-state index is 0.122. The molecule has 0 aliphatic carbocycles. The third kappa shape index (κ3) is 2.64. The molecule has 0 aromatic carbocycles. The molecule has 0 saturated carbocycles. The second-order valence-corrected chi connectivity index (χ2v) is 9.38. The fourth-order valence-corrected chi connectivity index (χ4v) is 6.64. The van der Waals surface area contributed by atoms with Gasteiger partial charge in [-0.1, -0.05) is 13.3 Å². The maximum Gasteiger partial charge on any atom is 0.152 e. The zero-order chi connectivity index (χ0) is 14.4. The van der Waals surface area contributed by atoms with Crippen LogP contribution in [0.5, 0.6) is 0 Å². The van der Waals surface area contributed by atoms with Crippen molar-refractivity contribution in [1.29, 1.82) is 0 Å². The zero-order valence-electron chi connectivity index (χ0n) is 12.8. The van der Waals surface area contributed by atoms with E-state index in [4.69, 9.17) is 0 Å². The topological polar surface area (TPSA) is 40.6 Å². The molecule has 116 valence electrons. The van der Waals surface area contributed by atoms with Gasteiger partial charge in [0.15, 0.2) is 9.84 Å². The highest BCUT2D eigenvalue weighted by atomic mass is 32.2. The molecule has 3 unspecified atom stereocenters. The van der Waals surface area contributed by atoms with Crippen LogP contribution in [0.1, 0.15) is 46.0 Å². The Balaban J connectivity index is 1.80. The third-order valence-corrected chi connectivity index (χ3v) is 7.58. The lowest BCUT2D eigenvalue weighted by Crippen LogP contribution is -2.65. The van der Waals surface area contributed by atoms with Crippen molar-refractivity contribution in [3.05, 3.63) is 0 Å². The van der Waals surface area contributed by atoms with Crippen molar-refractivity contribution in [3.63, 3.8) is 0 Å². The van der Waals surface area contributed by atoms with E-state index in [0.717, 1.165) is 25.9 Å². The minimum atomic E-state index is -2.82. The van der Waals surface area contributed by atoms with Gasteiger partial charge in [0.25, 0.3) is 0 Å². The number of nitrogens with zero attached hydrogens (tertiary/aromatic N) is 2. The highest BCUT2D eigenvalue weighted by Crippen LogP contribution is 2.36. The minimum Gasteiger partial charge on any atom is -0.298 e. The van der Waals surface area contributed by atoms with E-state index in [1.54, 1.807) is 0 Å². The van der Waals surface area contributed by atoms with E-state index in [9.17, 15) is 8.42 Å². The van der Waals surface area contributed by atoms with Crippen LogP contribution in [0.15, 0.2) is 0 Å². The predicted octanol–water partition coefficient (Wildman–Crippen LogP) is 1.51. The molecule has 0 amide bonds. The molecule has 3 heterocycles. The summed E-state index contributed by atoms with van der Waals surface area (Å²) < 4.78 is 23.9. The lowest BCUT2D eigenvalue weighted by Gasteiger charge is -2.53. The van der Waals surface area contributed by atoms with Gasteiger partial charge in [-0.05, 0) is 39.2 Å². The van der Waals surface area contributed by atoms with E-state index < -0.39 is 9.84 Å². The number of piperidine rings is 1. The molecule has 3 atom stereocenters. The Morgan fingerprint density at radius 3 is 2.70 bits per heavy atom. The normalized spacial score (nSPS) is 42.5. The lowest BCUT2D eigenvalue weighted by atomic mass is 9.89. The van der Waals surface area contributed by atoms with E-state index in [0.29, 0.717) is 23.6 Å². The maximum atomic E-state index is 11.9. The largest absolute Gasteiger partial charge is 0.298 e. The summed E-state index contributed by atoms with van der Waals surface area (Å²) in [7, 11) is -2.82. The lowest BCUT2D eigenvalue weighted by molar-refractivity contribution is -0.0404. The van der Waals surface area contributed by atoms with E-state index in [1.165, 1.54) is 25.8 Å². The quantitative estimate of drug-likeness (QED) is 0.775. The molecule has 3 fully saturated rings. The summed E-state index contributed by atoms with van der Waals surface area (Å²) in [4.78, 5) is 5.21. The fourth-order valence-electron chi connectivity index (χ4n) is 4.48. The summed E-state index contributed by atoms with van der Waals surface area (Å²) in [5, 5.41) is 0. The number of hydrogen-bond acceptors (Lipinski definition) is 4. The van der Waals surface area contributed by atoms with Crippen molar-refractivity contribution in [1.82, 2.24) is 9.80 Å². The third-order valence-electron chi connectivity index (χ3n) is 5.69. The molecular formula is C15H28N2O2S. The van der Waals surface area contributed by atoms with Crippen LogP contribution in [0.4, 0.5) is 0 Å². The number of sulfone groups is 1. The first kappa shape index (κ1) is 14.8. The monoisotopic (exact) mass is 300 g/mol. The molecule has 3 saturated heterocycles. The predicted molar refractivity (Wildman–Crippen MR) is 81.7 cm³/mol. The van der Waals surface area contributed by atoms with E-state index >= 15 is 0 Å². The van der Waals surface area contributed by atoms with Gasteiger partial charge in [0.2, 0.25) is 0 Å². The molecule has 20 heavy (non-hydrogen) atoms. The Bertz CT molecular complexity index is 464. The molecule has 0 radical (unpaired) electrons. The summed E-state index contributed by atoms with van der Waals surface area (Å²) in [5.41, 5.74) is -0.122. The highest BCUT2D eigenvalue weighted by molar-refractivity contribution is 7.91. The van der Waals surface area contributed by atoms with Crippen LogP contribution in [0.25, 0.3) is 0 Å². The van der Waals surface area contributed by atoms with Gasteiger partial charge in [0.1, 0.15) is 0 Å². The molecule has 3 aliphatic heterocycles. The van der Waals surface area contributed by atoms with E-state index in [2.05, 4.69) is 23.6 Å². The van der Waals surface area contributed by atoms with Crippen LogP contribution in [-0.4, -0.2) is 67.0 Å². The number of rotatable bonds is 2. The Morgan fingerprint density at radius 2 is 2.05 bits per heavy atom. The number of piperazine rings is 1. The summed E-state index contributed by atoms with van der Waals surface area (Å²) >= 11 is 0. The first-order chi connectivity index (χ1) is 9.43. The van der Waals surface area contributed by atoms with E-state index in [-0.39, 0.29) is 5.54 Å². The molecule has 3 aliphatic rings. The summed E-state index contributed by atoms with van der Waals surface area (Å²) in [6, 6.07) is 1.19. The molecule has 5 heteroatoms. The van der Waals surface area contributed by atoms with Crippen molar-refractivity contribution in [3.8, 4) is 0 Å². The molecule has 0 bridgehead atoms. The zero-order valence-corrected chi connectivity index (χ0v) is 13.7. The van der Waals surface area contributed by atoms with Gasteiger partial charge in [-0.25, -0.2) is 8.42 Å². The first-order valence-corrected chi connectivity index (χ1v) is 9.97. The SMILES string of the molecule is CCC1CN2CCCCC2CN1C1(C)CCS(=O)(=O)C1. The van der Waals surface area contributed by atoms with Gasteiger partial charge in [0.05, 0.1) is 11.5 Å². The molecule has 0 spiro atoms. The van der Waals surface area contributed by atoms with Crippen LogP contribution in [-0.2, 0) is 9.84 Å². The average molecular weight is 300 g/mol. The summed E-state index contributed by atoms with van der Waals surface area (Å²) in [6.07, 6.45) is 5.90. The first-order valence-electron chi connectivity index (χ1n) is 8.15. The molecule has 4 nitrogen and oxygen atoms in total. The molecule has 0 N–H and O–H groups in total. The number of hydrogen-bond donors (Lipinski definition) is 0. The summed E-state index contributed by atoms with van der Waals surface area (Å²) in [5.74, 6) is 0.744. The molecule has 3 rings (SSSR count). The smallest absolute Gasteiger partial charge is 0.152 e. The van der Waals surface area contributed by atoms with Crippen LogP contribution >= 0.6 is 0 Å². The van der Waals surface area contributed by atoms with Gasteiger partial charge < -0.3 is 0 Å². The van der Waals surface area contributed by atoms with Crippen LogP contribution in [0.2, 0.25) is 0 Å². The van der Waals surface area contributed by atoms with Gasteiger partial charge >= 0.3 is 0 Å². The molecule has 0 aromatic rings. The van der Waals surface area contributed by atoms with Crippen molar-refractivity contribution in [2.24, 2.45) is 0 Å². The van der Waals surface area contributed by atoms with Gasteiger partial charge in [0, 0.05) is 30.7 Å². The van der Waals surface area contributed by atoms with Crippen molar-refractivity contribution < 1.29 is 8.42 Å². The van der Waals surface area contributed by atoms with Crippen molar-refractivity contribution in [2.75, 3.05) is 31.1 Å². The fraction of sp³-hybridized carbons (Fsp3) is 1.00. The second-order valence-electron chi connectivity index (χ2n) is 7.20. The standard InChI is InChI=1S/C15H28N2O2S/c1-3-13-10-16-8-5-4-6-14(16)11-17(13)15(2)7-9-20(18,19)12-15/h13-14H,3-12H2,1-2H3. The van der Waals surface area contributed by atoms with Crippen molar-refractivity contribution >= 4 is 9.84 Å². The second kappa shape index (κ2) is 5.25. The van der Waals surface area contributed by atoms with E-state index in [1.807, 2.05) is 0 Å². The number of fused-ring (bicyclic) bond motifs is 1. The van der Waals surface area contributed by atoms with Crippen LogP contribution in [0, 0.1) is 0 Å². The average Bonchev–Trinajstić information content (AvgIpc) is 2.72. The van der Waals surface area contributed by atoms with Crippen LogP contribution in [0.3, 0.4) is 0 Å². The maximum absolute atomic E-state index is 11.9. The van der Waals surface area contributed by atoms with Crippen molar-refractivity contribution in [2.45, 2.75) is 63.6 Å². The van der Waals surface area contributed by atoms with Gasteiger partial charge in [-0.3, -0.25) is 9.80 Å². The Kier molecular flexibility index (Phi) is 3.89. The Labute approximate surface area is 123 Å². The Hall–Kier alpha value is -0.130. The highest BCUT2D eigenvalue weighted by Gasteiger charge is 2.48. The molecule has 0 aromatic heterocycles. The van der Waals surface area contributed by atoms with Crippen LogP contribution < -0.4 is 0 Å².